The minimum Gasteiger partial charge on any atom is -0.465 e. The van der Waals surface area contributed by atoms with Crippen LogP contribution in [0, 0.1) is 5.41 Å². The molecule has 3 heteroatoms. The number of Topliss-reactive ketones (excluding diaryl/α,β-unsaturated/α-hetero) is 1. The Labute approximate surface area is 116 Å². The molecule has 0 aliphatic heterocycles. The van der Waals surface area contributed by atoms with Crippen molar-refractivity contribution in [1.29, 1.82) is 0 Å². The first-order valence-electron chi connectivity index (χ1n) is 7.49. The molecule has 1 rings (SSSR count). The quantitative estimate of drug-likeness (QED) is 0.290. The Balaban J connectivity index is 2.61. The van der Waals surface area contributed by atoms with Gasteiger partial charge in [0.25, 0.3) is 0 Å². The van der Waals surface area contributed by atoms with E-state index in [1.165, 1.54) is 0 Å². The molecular weight excluding hydrogens is 240 g/mol. The highest BCUT2D eigenvalue weighted by Gasteiger charge is 2.47. The van der Waals surface area contributed by atoms with Crippen LogP contribution in [0.25, 0.3) is 0 Å². The molecule has 1 atom stereocenters. The predicted octanol–water partition coefficient (Wildman–Crippen LogP) is 3.82. The molecule has 0 saturated heterocycles. The molecule has 0 N–H and O–H groups in total. The zero-order chi connectivity index (χ0) is 14.1. The third-order valence-corrected chi connectivity index (χ3v) is 3.97. The maximum Gasteiger partial charge on any atom is 0.319 e. The average Bonchev–Trinajstić information content (AvgIpc) is 2.41. The molecule has 1 aliphatic carbocycles. The van der Waals surface area contributed by atoms with Crippen LogP contribution in [0.5, 0.6) is 0 Å². The number of unbranched alkanes of at least 4 members (excludes halogenated alkanes) is 3. The van der Waals surface area contributed by atoms with Crippen molar-refractivity contribution in [3.8, 4) is 0 Å². The summed E-state index contributed by atoms with van der Waals surface area (Å²) in [7, 11) is 0. The maximum absolute atomic E-state index is 12.2. The first-order chi connectivity index (χ1) is 9.17. The molecule has 0 radical (unpaired) electrons. The topological polar surface area (TPSA) is 43.4 Å². The van der Waals surface area contributed by atoms with Gasteiger partial charge in [-0.2, -0.15) is 0 Å². The van der Waals surface area contributed by atoms with Crippen LogP contribution < -0.4 is 0 Å². The number of rotatable bonds is 8. The van der Waals surface area contributed by atoms with Gasteiger partial charge in [-0.15, -0.1) is 6.58 Å². The second-order valence-electron chi connectivity index (χ2n) is 5.32. The molecule has 1 unspecified atom stereocenters. The van der Waals surface area contributed by atoms with E-state index in [1.54, 1.807) is 6.92 Å². The van der Waals surface area contributed by atoms with E-state index >= 15 is 0 Å². The molecule has 3 nitrogen and oxygen atoms in total. The van der Waals surface area contributed by atoms with Crippen molar-refractivity contribution >= 4 is 11.8 Å². The number of hydrogen-bond donors (Lipinski definition) is 0. The van der Waals surface area contributed by atoms with E-state index in [4.69, 9.17) is 4.74 Å². The molecule has 0 aromatic heterocycles. The van der Waals surface area contributed by atoms with Crippen LogP contribution in [-0.4, -0.2) is 18.4 Å². The fourth-order valence-corrected chi connectivity index (χ4v) is 2.83. The SMILES string of the molecule is C=CCCCCCC1(C(=O)OCC)CCCCC1=O. The van der Waals surface area contributed by atoms with E-state index in [2.05, 4.69) is 6.58 Å². The third-order valence-electron chi connectivity index (χ3n) is 3.97. The van der Waals surface area contributed by atoms with E-state index < -0.39 is 5.41 Å². The molecule has 0 heterocycles. The van der Waals surface area contributed by atoms with E-state index in [0.29, 0.717) is 25.9 Å². The van der Waals surface area contributed by atoms with Crippen molar-refractivity contribution in [3.63, 3.8) is 0 Å². The standard InChI is InChI=1S/C16H26O3/c1-3-5-6-7-9-12-16(15(18)19-4-2)13-10-8-11-14(16)17/h3H,1,4-13H2,2H3. The summed E-state index contributed by atoms with van der Waals surface area (Å²) in [5, 5.41) is 0. The highest BCUT2D eigenvalue weighted by Crippen LogP contribution is 2.39. The van der Waals surface area contributed by atoms with Gasteiger partial charge in [-0.05, 0) is 39.0 Å². The summed E-state index contributed by atoms with van der Waals surface area (Å²) in [4.78, 5) is 24.4. The van der Waals surface area contributed by atoms with Gasteiger partial charge in [-0.25, -0.2) is 0 Å². The Kier molecular flexibility index (Phi) is 6.82. The van der Waals surface area contributed by atoms with Gasteiger partial charge >= 0.3 is 5.97 Å². The summed E-state index contributed by atoms with van der Waals surface area (Å²) in [5.74, 6) is -0.190. The Morgan fingerprint density at radius 3 is 2.79 bits per heavy atom. The van der Waals surface area contributed by atoms with Gasteiger partial charge in [0, 0.05) is 6.42 Å². The summed E-state index contributed by atoms with van der Waals surface area (Å²) < 4.78 is 5.16. The fraction of sp³-hybridized carbons (Fsp3) is 0.750. The van der Waals surface area contributed by atoms with Crippen LogP contribution >= 0.6 is 0 Å². The maximum atomic E-state index is 12.2. The van der Waals surface area contributed by atoms with Crippen LogP contribution in [0.2, 0.25) is 0 Å². The van der Waals surface area contributed by atoms with E-state index in [-0.39, 0.29) is 11.8 Å². The molecule has 1 fully saturated rings. The molecular formula is C16H26O3. The minimum atomic E-state index is -0.831. The van der Waals surface area contributed by atoms with Gasteiger partial charge in [-0.3, -0.25) is 9.59 Å². The second kappa shape index (κ2) is 8.13. The van der Waals surface area contributed by atoms with E-state index in [0.717, 1.165) is 38.5 Å². The van der Waals surface area contributed by atoms with Crippen molar-refractivity contribution in [2.75, 3.05) is 6.61 Å². The Bertz CT molecular complexity index is 322. The molecule has 0 amide bonds. The molecule has 0 spiro atoms. The van der Waals surface area contributed by atoms with Gasteiger partial charge < -0.3 is 4.74 Å². The predicted molar refractivity (Wildman–Crippen MR) is 75.8 cm³/mol. The van der Waals surface area contributed by atoms with Gasteiger partial charge in [0.1, 0.15) is 11.2 Å². The van der Waals surface area contributed by atoms with Crippen LogP contribution in [0.15, 0.2) is 12.7 Å². The highest BCUT2D eigenvalue weighted by molar-refractivity contribution is 6.04. The normalized spacial score (nSPS) is 23.1. The summed E-state index contributed by atoms with van der Waals surface area (Å²) in [5.41, 5.74) is -0.831. The minimum absolute atomic E-state index is 0.0981. The summed E-state index contributed by atoms with van der Waals surface area (Å²) in [6.45, 7) is 5.84. The lowest BCUT2D eigenvalue weighted by atomic mass is 9.70. The van der Waals surface area contributed by atoms with Crippen molar-refractivity contribution in [2.24, 2.45) is 5.41 Å². The zero-order valence-corrected chi connectivity index (χ0v) is 12.1. The second-order valence-corrected chi connectivity index (χ2v) is 5.32. The van der Waals surface area contributed by atoms with Crippen LogP contribution in [0.1, 0.15) is 64.7 Å². The molecule has 1 saturated carbocycles. The number of ether oxygens (including phenoxy) is 1. The van der Waals surface area contributed by atoms with Crippen LogP contribution in [0.4, 0.5) is 0 Å². The first-order valence-corrected chi connectivity index (χ1v) is 7.49. The molecule has 19 heavy (non-hydrogen) atoms. The highest BCUT2D eigenvalue weighted by atomic mass is 16.5. The van der Waals surface area contributed by atoms with Crippen molar-refractivity contribution in [3.05, 3.63) is 12.7 Å². The van der Waals surface area contributed by atoms with Crippen molar-refractivity contribution in [2.45, 2.75) is 64.7 Å². The van der Waals surface area contributed by atoms with Crippen LogP contribution in [0.3, 0.4) is 0 Å². The summed E-state index contributed by atoms with van der Waals surface area (Å²) in [6.07, 6.45) is 9.68. The van der Waals surface area contributed by atoms with Gasteiger partial charge in [-0.1, -0.05) is 25.3 Å². The average molecular weight is 266 g/mol. The summed E-state index contributed by atoms with van der Waals surface area (Å²) >= 11 is 0. The lowest BCUT2D eigenvalue weighted by Gasteiger charge is -2.33. The Hall–Kier alpha value is -1.12. The lowest BCUT2D eigenvalue weighted by Crippen LogP contribution is -2.43. The number of allylic oxidation sites excluding steroid dienone is 1. The van der Waals surface area contributed by atoms with E-state index in [9.17, 15) is 9.59 Å². The molecule has 0 aromatic carbocycles. The first kappa shape index (κ1) is 15.9. The smallest absolute Gasteiger partial charge is 0.319 e. The number of esters is 1. The third kappa shape index (κ3) is 4.19. The zero-order valence-electron chi connectivity index (χ0n) is 12.1. The van der Waals surface area contributed by atoms with E-state index in [1.807, 2.05) is 6.08 Å². The number of carbonyl (C=O) groups excluding carboxylic acids is 2. The molecule has 1 aliphatic rings. The Morgan fingerprint density at radius 2 is 2.16 bits per heavy atom. The lowest BCUT2D eigenvalue weighted by molar-refractivity contribution is -0.163. The van der Waals surface area contributed by atoms with Crippen molar-refractivity contribution in [1.82, 2.24) is 0 Å². The van der Waals surface area contributed by atoms with Gasteiger partial charge in [0.05, 0.1) is 6.61 Å². The Morgan fingerprint density at radius 1 is 1.37 bits per heavy atom. The number of hydrogen-bond acceptors (Lipinski definition) is 3. The number of carbonyl (C=O) groups is 2. The van der Waals surface area contributed by atoms with Crippen molar-refractivity contribution < 1.29 is 14.3 Å². The molecule has 108 valence electrons. The number of ketones is 1. The van der Waals surface area contributed by atoms with Crippen LogP contribution in [-0.2, 0) is 14.3 Å². The van der Waals surface area contributed by atoms with Gasteiger partial charge in [0.15, 0.2) is 0 Å². The largest absolute Gasteiger partial charge is 0.465 e. The summed E-state index contributed by atoms with van der Waals surface area (Å²) in [6, 6.07) is 0. The van der Waals surface area contributed by atoms with Gasteiger partial charge in [0.2, 0.25) is 0 Å². The fourth-order valence-electron chi connectivity index (χ4n) is 2.83. The monoisotopic (exact) mass is 266 g/mol. The molecule has 0 bridgehead atoms. The molecule has 0 aromatic rings.